The van der Waals surface area contributed by atoms with Crippen LogP contribution in [-0.2, 0) is 12.8 Å². The minimum atomic E-state index is -0.325. The van der Waals surface area contributed by atoms with E-state index in [1.54, 1.807) is 55.5 Å². The Bertz CT molecular complexity index is 4460. The number of ether oxygens (including phenoxy) is 1. The summed E-state index contributed by atoms with van der Waals surface area (Å²) in [6.45, 7) is 78.2. The monoisotopic (exact) mass is 1830 g/mol. The zero-order chi connectivity index (χ0) is 103. The van der Waals surface area contributed by atoms with Gasteiger partial charge in [0.05, 0.1) is 5.56 Å². The molecule has 12 aromatic rings. The Balaban J connectivity index is -0.000000715. The predicted molar refractivity (Wildman–Crippen MR) is 614 cm³/mol. The molecule has 0 heterocycles. The van der Waals surface area contributed by atoms with Crippen molar-refractivity contribution in [1.82, 2.24) is 0 Å². The molecule has 0 saturated heterocycles. The second-order valence-corrected chi connectivity index (χ2v) is 32.5. The van der Waals surface area contributed by atoms with Gasteiger partial charge in [0, 0.05) is 11.1 Å². The average Bonchev–Trinajstić information content (AvgIpc) is 0.835. The lowest BCUT2D eigenvalue weighted by molar-refractivity contribution is 0.0734. The highest BCUT2D eigenvalue weighted by molar-refractivity contribution is 5.91. The van der Waals surface area contributed by atoms with E-state index >= 15 is 0 Å². The molecular weight excluding hydrogens is 1630 g/mol. The van der Waals surface area contributed by atoms with Crippen molar-refractivity contribution in [2.75, 3.05) is 0 Å². The smallest absolute Gasteiger partial charge is 0.343 e. The van der Waals surface area contributed by atoms with E-state index in [9.17, 15) is 4.79 Å². The van der Waals surface area contributed by atoms with E-state index in [1.807, 2.05) is 204 Å². The number of rotatable bonds is 10. The first-order valence-electron chi connectivity index (χ1n) is 53.2. The summed E-state index contributed by atoms with van der Waals surface area (Å²) in [7, 11) is 0. The SMILES string of the molecule is CC.CC.CC.CC.CC.CC.CC.CC.CC.CC.CC.CC.CC1CCC(C2CCC(C)CC2)CC1.Cc1ccc(-c2ccc(-c3ccc(C)cc3)cc2)cc1.Cc1ccc(-c2ccc(C)cc2)cc1.Cc1ccc(C#Cc2ccc(C)cc2)cc1.Cc1ccc(C2CCC(C)CC2)cc1.Cc1ccc(CCc2ccc(C)cc2)cc1.Cc1ccc(OC(=O)c2ccc(C)cc2)cc1. The highest BCUT2D eigenvalue weighted by Crippen LogP contribution is 2.41. The van der Waals surface area contributed by atoms with Crippen molar-refractivity contribution >= 4 is 5.97 Å². The van der Waals surface area contributed by atoms with E-state index in [1.165, 1.54) is 146 Å². The minimum Gasteiger partial charge on any atom is -0.423 e. The van der Waals surface area contributed by atoms with Gasteiger partial charge in [-0.05, 0) is 262 Å². The van der Waals surface area contributed by atoms with Crippen LogP contribution in [0.2, 0.25) is 0 Å². The van der Waals surface area contributed by atoms with E-state index in [0.717, 1.165) is 70.6 Å². The summed E-state index contributed by atoms with van der Waals surface area (Å²) in [5, 5.41) is 0. The molecule has 0 aliphatic heterocycles. The maximum absolute atomic E-state index is 11.8. The molecule has 0 spiro atoms. The first-order valence-corrected chi connectivity index (χ1v) is 53.2. The summed E-state index contributed by atoms with van der Waals surface area (Å²) in [4.78, 5) is 11.8. The van der Waals surface area contributed by atoms with E-state index in [0.29, 0.717) is 11.3 Å². The molecule has 2 heteroatoms. The van der Waals surface area contributed by atoms with Gasteiger partial charge in [0.25, 0.3) is 0 Å². The molecule has 0 radical (unpaired) electrons. The van der Waals surface area contributed by atoms with Crippen molar-refractivity contribution in [2.24, 2.45) is 29.6 Å². The van der Waals surface area contributed by atoms with Crippen LogP contribution in [0.1, 0.15) is 369 Å². The molecule has 0 amide bonds. The number of esters is 1. The van der Waals surface area contributed by atoms with E-state index in [2.05, 4.69) is 338 Å². The van der Waals surface area contributed by atoms with Crippen LogP contribution in [0.25, 0.3) is 33.4 Å². The average molecular weight is 1830 g/mol. The van der Waals surface area contributed by atoms with Crippen LogP contribution in [0.5, 0.6) is 5.75 Å². The molecule has 3 aliphatic carbocycles. The summed E-state index contributed by atoms with van der Waals surface area (Å²) < 4.78 is 5.26. The molecule has 12 aromatic carbocycles. The highest BCUT2D eigenvalue weighted by Gasteiger charge is 2.29. The van der Waals surface area contributed by atoms with Crippen LogP contribution in [0.4, 0.5) is 0 Å². The van der Waals surface area contributed by atoms with Crippen molar-refractivity contribution < 1.29 is 9.53 Å². The van der Waals surface area contributed by atoms with Gasteiger partial charge in [0.2, 0.25) is 0 Å². The molecule has 3 fully saturated rings. The van der Waals surface area contributed by atoms with Gasteiger partial charge < -0.3 is 4.74 Å². The molecule has 15 rings (SSSR count). The number of carbonyl (C=O) groups is 1. The van der Waals surface area contributed by atoms with Gasteiger partial charge in [-0.3, -0.25) is 0 Å². The maximum atomic E-state index is 11.8. The molecular formula is C133H196O2. The number of carbonyl (C=O) groups excluding carboxylic acids is 1. The van der Waals surface area contributed by atoms with Gasteiger partial charge in [-0.2, -0.15) is 0 Å². The third-order valence-corrected chi connectivity index (χ3v) is 22.4. The van der Waals surface area contributed by atoms with Crippen molar-refractivity contribution in [1.29, 1.82) is 0 Å². The topological polar surface area (TPSA) is 26.3 Å². The molecule has 2 nitrogen and oxygen atoms in total. The molecule has 3 saturated carbocycles. The van der Waals surface area contributed by atoms with Gasteiger partial charge in [-0.15, -0.1) is 0 Å². The molecule has 0 bridgehead atoms. The number of benzene rings is 12. The highest BCUT2D eigenvalue weighted by atomic mass is 16.5. The zero-order valence-electron chi connectivity index (χ0n) is 93.4. The van der Waals surface area contributed by atoms with Crippen LogP contribution in [0.3, 0.4) is 0 Å². The van der Waals surface area contributed by atoms with Gasteiger partial charge in [0.15, 0.2) is 0 Å². The normalized spacial score (nSPS) is 14.3. The summed E-state index contributed by atoms with van der Waals surface area (Å²) in [6.07, 6.45) is 20.1. The Kier molecular flexibility index (Phi) is 82.8. The van der Waals surface area contributed by atoms with Gasteiger partial charge in [0.1, 0.15) is 5.75 Å². The summed E-state index contributed by atoms with van der Waals surface area (Å²) in [5.74, 6) is 12.6. The first-order chi connectivity index (χ1) is 65.6. The third kappa shape index (κ3) is 58.0. The second-order valence-electron chi connectivity index (χ2n) is 32.5. The number of hydrogen-bond acceptors (Lipinski definition) is 2. The fourth-order valence-corrected chi connectivity index (χ4v) is 14.5. The Morgan fingerprint density at radius 1 is 0.222 bits per heavy atom. The van der Waals surface area contributed by atoms with Crippen molar-refractivity contribution in [3.05, 3.63) is 386 Å². The van der Waals surface area contributed by atoms with Crippen LogP contribution in [0.15, 0.2) is 291 Å². The molecule has 135 heavy (non-hydrogen) atoms. The third-order valence-electron chi connectivity index (χ3n) is 22.4. The largest absolute Gasteiger partial charge is 0.423 e. The van der Waals surface area contributed by atoms with Gasteiger partial charge >= 0.3 is 5.97 Å². The molecule has 0 unspecified atom stereocenters. The van der Waals surface area contributed by atoms with Gasteiger partial charge in [-0.1, -0.05) is 541 Å². The van der Waals surface area contributed by atoms with E-state index in [-0.39, 0.29) is 5.97 Å². The fourth-order valence-electron chi connectivity index (χ4n) is 14.5. The fraction of sp³-hybridized carbons (Fsp3) is 0.436. The van der Waals surface area contributed by atoms with E-state index < -0.39 is 0 Å². The van der Waals surface area contributed by atoms with Crippen LogP contribution < -0.4 is 4.74 Å². The zero-order valence-corrected chi connectivity index (χ0v) is 93.4. The molecule has 0 atom stereocenters. The van der Waals surface area contributed by atoms with Crippen molar-refractivity contribution in [2.45, 2.75) is 359 Å². The molecule has 3 aliphatic rings. The second kappa shape index (κ2) is 85.3. The van der Waals surface area contributed by atoms with Crippen LogP contribution in [-0.4, -0.2) is 5.97 Å². The minimum absolute atomic E-state index is 0.325. The summed E-state index contributed by atoms with van der Waals surface area (Å²) in [6, 6.07) is 101. The lowest BCUT2D eigenvalue weighted by atomic mass is 9.70. The molecule has 0 aromatic heterocycles. The Hall–Kier alpha value is -10.3. The van der Waals surface area contributed by atoms with Gasteiger partial charge in [-0.25, -0.2) is 4.79 Å². The summed E-state index contributed by atoms with van der Waals surface area (Å²) >= 11 is 0. The number of aryl methyl sites for hydroxylation is 13. The summed E-state index contributed by atoms with van der Waals surface area (Å²) in [5.41, 5.74) is 28.8. The van der Waals surface area contributed by atoms with Crippen LogP contribution in [0, 0.1) is 118 Å². The van der Waals surface area contributed by atoms with Crippen molar-refractivity contribution in [3.8, 4) is 51.0 Å². The Morgan fingerprint density at radius 3 is 0.630 bits per heavy atom. The standard InChI is InChI=1S/C20H18.C16H18.C16H14.C15H14O2.C14H26.C14H20.C14H14.12C2H6/c1-15-3-7-17(8-4-15)19-11-13-20(14-12-19)18-9-5-16(2)6-10-18;2*1-13-3-7-15(8-4-13)11-12-16-9-5-14(2)6-10-16;1-11-3-7-13(8-4-11)15(16)17-14-9-5-12(2)6-10-14;3*1-11-3-7-13(8-4-11)14-9-5-12(2)6-10-14;12*1-2/h3-14H,1-2H3;3-10H,11-12H2,1-2H3;3-10H,1-2H3;3-10H,1-2H3;11-14H,3-10H2,1-2H3;3-4,7-8,12,14H,5-6,9-10H2,1-2H3;3-10H,1-2H3;12*1-2H3. The first kappa shape index (κ1) is 131. The van der Waals surface area contributed by atoms with E-state index in [4.69, 9.17) is 4.74 Å². The quantitative estimate of drug-likeness (QED) is 0.0775. The Morgan fingerprint density at radius 2 is 0.400 bits per heavy atom. The lowest BCUT2D eigenvalue weighted by Gasteiger charge is -2.36. The van der Waals surface area contributed by atoms with Crippen molar-refractivity contribution in [3.63, 3.8) is 0 Å². The lowest BCUT2D eigenvalue weighted by Crippen LogP contribution is -2.24. The van der Waals surface area contributed by atoms with Crippen LogP contribution >= 0.6 is 0 Å². The maximum Gasteiger partial charge on any atom is 0.343 e. The molecule has 0 N–H and O–H groups in total. The Labute approximate surface area is 835 Å². The predicted octanol–water partition coefficient (Wildman–Crippen LogP) is 42.2. The molecule has 740 valence electrons. The number of hydrogen-bond donors (Lipinski definition) is 0.